The first-order valence-corrected chi connectivity index (χ1v) is 6.31. The average Bonchev–Trinajstić information content (AvgIpc) is 2.42. The molecule has 0 fully saturated rings. The van der Waals surface area contributed by atoms with Crippen LogP contribution in [0.4, 0.5) is 4.39 Å². The quantitative estimate of drug-likeness (QED) is 0.843. The van der Waals surface area contributed by atoms with Crippen LogP contribution < -0.4 is 0 Å². The van der Waals surface area contributed by atoms with E-state index in [1.165, 1.54) is 30.9 Å². The van der Waals surface area contributed by atoms with Crippen LogP contribution in [0.5, 0.6) is 0 Å². The second kappa shape index (κ2) is 6.84. The summed E-state index contributed by atoms with van der Waals surface area (Å²) in [6, 6.07) is 6.00. The molecule has 0 radical (unpaired) electrons. The zero-order valence-electron chi connectivity index (χ0n) is 11.8. The van der Waals surface area contributed by atoms with E-state index in [4.69, 9.17) is 5.11 Å². The minimum absolute atomic E-state index is 0.0210. The number of halogens is 1. The van der Waals surface area contributed by atoms with Crippen LogP contribution in [-0.2, 0) is 16.1 Å². The van der Waals surface area contributed by atoms with Crippen molar-refractivity contribution in [1.29, 1.82) is 0 Å². The summed E-state index contributed by atoms with van der Waals surface area (Å²) in [6.07, 6.45) is 0. The van der Waals surface area contributed by atoms with Crippen LogP contribution in [0.25, 0.3) is 0 Å². The highest BCUT2D eigenvalue weighted by molar-refractivity contribution is 6.01. The van der Waals surface area contributed by atoms with Crippen molar-refractivity contribution in [2.75, 3.05) is 6.54 Å². The Morgan fingerprint density at radius 3 is 2.40 bits per heavy atom. The largest absolute Gasteiger partial charge is 0.478 e. The van der Waals surface area contributed by atoms with Gasteiger partial charge in [-0.1, -0.05) is 12.1 Å². The number of likely N-dealkylation sites (N-methyl/N-ethyl adjacent to an activating group) is 1. The zero-order valence-corrected chi connectivity index (χ0v) is 11.8. The van der Waals surface area contributed by atoms with Gasteiger partial charge in [-0.3, -0.25) is 4.79 Å². The molecule has 0 atom stereocenters. The summed E-state index contributed by atoms with van der Waals surface area (Å²) in [5, 5.41) is 8.90. The number of carbonyl (C=O) groups excluding carboxylic acids is 1. The van der Waals surface area contributed by atoms with Gasteiger partial charge in [-0.15, -0.1) is 0 Å². The molecule has 0 aromatic heterocycles. The zero-order chi connectivity index (χ0) is 15.3. The highest BCUT2D eigenvalue weighted by Crippen LogP contribution is 2.12. The number of benzene rings is 1. The summed E-state index contributed by atoms with van der Waals surface area (Å²) in [5.41, 5.74) is 0.879. The third kappa shape index (κ3) is 3.91. The van der Waals surface area contributed by atoms with Crippen molar-refractivity contribution in [2.24, 2.45) is 0 Å². The molecule has 1 aromatic carbocycles. The number of carboxylic acids is 1. The smallest absolute Gasteiger partial charge is 0.331 e. The van der Waals surface area contributed by atoms with E-state index in [0.29, 0.717) is 12.1 Å². The number of hydrogen-bond acceptors (Lipinski definition) is 2. The summed E-state index contributed by atoms with van der Waals surface area (Å²) in [4.78, 5) is 24.6. The first kappa shape index (κ1) is 15.9. The molecular weight excluding hydrogens is 261 g/mol. The molecule has 0 heterocycles. The number of hydrogen-bond donors (Lipinski definition) is 1. The van der Waals surface area contributed by atoms with Gasteiger partial charge in [0.15, 0.2) is 0 Å². The Hall–Kier alpha value is -2.17. The molecule has 0 saturated heterocycles. The van der Waals surface area contributed by atoms with Crippen LogP contribution in [0, 0.1) is 5.82 Å². The average molecular weight is 279 g/mol. The van der Waals surface area contributed by atoms with Gasteiger partial charge < -0.3 is 10.0 Å². The number of aliphatic carboxylic acids is 1. The first-order chi connectivity index (χ1) is 9.36. The maximum atomic E-state index is 13.1. The molecule has 0 unspecified atom stereocenters. The van der Waals surface area contributed by atoms with Crippen molar-refractivity contribution < 1.29 is 19.1 Å². The predicted molar refractivity (Wildman–Crippen MR) is 73.5 cm³/mol. The van der Waals surface area contributed by atoms with Gasteiger partial charge in [-0.05, 0) is 38.5 Å². The van der Waals surface area contributed by atoms with Gasteiger partial charge in [0.05, 0.1) is 0 Å². The van der Waals surface area contributed by atoms with Crippen molar-refractivity contribution in [3.63, 3.8) is 0 Å². The second-order valence-corrected chi connectivity index (χ2v) is 4.50. The SMILES string of the molecule is CCN(Cc1cccc(F)c1)C(=O)C(C)=C(C)C(=O)O. The van der Waals surface area contributed by atoms with Gasteiger partial charge >= 0.3 is 5.97 Å². The Bertz CT molecular complexity index is 552. The minimum atomic E-state index is -1.11. The van der Waals surface area contributed by atoms with Gasteiger partial charge in [-0.25, -0.2) is 9.18 Å². The number of carboxylic acid groups (broad SMARTS) is 1. The summed E-state index contributed by atoms with van der Waals surface area (Å²) in [5.74, 6) is -1.82. The molecule has 0 spiro atoms. The lowest BCUT2D eigenvalue weighted by atomic mass is 10.1. The molecule has 0 aliphatic rings. The fourth-order valence-electron chi connectivity index (χ4n) is 1.74. The van der Waals surface area contributed by atoms with Gasteiger partial charge in [0.2, 0.25) is 5.91 Å². The molecular formula is C15H18FNO3. The molecule has 0 aliphatic carbocycles. The molecule has 1 aromatic rings. The summed E-state index contributed by atoms with van der Waals surface area (Å²) in [6.45, 7) is 5.34. The molecule has 20 heavy (non-hydrogen) atoms. The number of carbonyl (C=O) groups is 2. The summed E-state index contributed by atoms with van der Waals surface area (Å²) in [7, 11) is 0. The lowest BCUT2D eigenvalue weighted by Crippen LogP contribution is -2.31. The van der Waals surface area contributed by atoms with E-state index < -0.39 is 5.97 Å². The van der Waals surface area contributed by atoms with Crippen LogP contribution in [0.1, 0.15) is 26.3 Å². The van der Waals surface area contributed by atoms with Crippen molar-refractivity contribution >= 4 is 11.9 Å². The summed E-state index contributed by atoms with van der Waals surface area (Å²) < 4.78 is 13.1. The fraction of sp³-hybridized carbons (Fsp3) is 0.333. The number of amides is 1. The van der Waals surface area contributed by atoms with Gasteiger partial charge in [0.1, 0.15) is 5.82 Å². The third-order valence-electron chi connectivity index (χ3n) is 3.14. The van der Waals surface area contributed by atoms with E-state index in [-0.39, 0.29) is 29.4 Å². The Kier molecular flexibility index (Phi) is 5.43. The Balaban J connectivity index is 2.94. The van der Waals surface area contributed by atoms with Gasteiger partial charge in [0.25, 0.3) is 0 Å². The van der Waals surface area contributed by atoms with Crippen molar-refractivity contribution in [1.82, 2.24) is 4.90 Å². The Morgan fingerprint density at radius 1 is 1.25 bits per heavy atom. The molecule has 1 rings (SSSR count). The maximum Gasteiger partial charge on any atom is 0.331 e. The molecule has 1 amide bonds. The fourth-order valence-corrected chi connectivity index (χ4v) is 1.74. The molecule has 5 heteroatoms. The molecule has 0 saturated carbocycles. The second-order valence-electron chi connectivity index (χ2n) is 4.50. The van der Waals surface area contributed by atoms with Crippen molar-refractivity contribution in [3.05, 3.63) is 46.8 Å². The number of rotatable bonds is 5. The van der Waals surface area contributed by atoms with Crippen molar-refractivity contribution in [3.8, 4) is 0 Å². The maximum absolute atomic E-state index is 13.1. The van der Waals surface area contributed by atoms with E-state index in [2.05, 4.69) is 0 Å². The standard InChI is InChI=1S/C15H18FNO3/c1-4-17(9-12-6-5-7-13(16)8-12)14(18)10(2)11(3)15(19)20/h5-8H,4,9H2,1-3H3,(H,19,20). The Labute approximate surface area is 117 Å². The monoisotopic (exact) mass is 279 g/mol. The van der Waals surface area contributed by atoms with E-state index >= 15 is 0 Å². The molecule has 108 valence electrons. The van der Waals surface area contributed by atoms with Gasteiger partial charge in [0, 0.05) is 24.2 Å². The van der Waals surface area contributed by atoms with Crippen LogP contribution >= 0.6 is 0 Å². The minimum Gasteiger partial charge on any atom is -0.478 e. The normalized spacial score (nSPS) is 11.8. The van der Waals surface area contributed by atoms with Crippen molar-refractivity contribution in [2.45, 2.75) is 27.3 Å². The highest BCUT2D eigenvalue weighted by Gasteiger charge is 2.18. The summed E-state index contributed by atoms with van der Waals surface area (Å²) >= 11 is 0. The molecule has 1 N–H and O–H groups in total. The van der Waals surface area contributed by atoms with E-state index in [1.54, 1.807) is 19.1 Å². The van der Waals surface area contributed by atoms with Gasteiger partial charge in [-0.2, -0.15) is 0 Å². The lowest BCUT2D eigenvalue weighted by Gasteiger charge is -2.22. The van der Waals surface area contributed by atoms with Crippen LogP contribution in [0.3, 0.4) is 0 Å². The molecule has 4 nitrogen and oxygen atoms in total. The van der Waals surface area contributed by atoms with Crippen LogP contribution in [0.15, 0.2) is 35.4 Å². The predicted octanol–water partition coefficient (Wildman–Crippen LogP) is 2.60. The first-order valence-electron chi connectivity index (χ1n) is 6.31. The lowest BCUT2D eigenvalue weighted by molar-refractivity contribution is -0.134. The third-order valence-corrected chi connectivity index (χ3v) is 3.14. The van der Waals surface area contributed by atoms with Crippen LogP contribution in [-0.4, -0.2) is 28.4 Å². The highest BCUT2D eigenvalue weighted by atomic mass is 19.1. The molecule has 0 aliphatic heterocycles. The molecule has 0 bridgehead atoms. The topological polar surface area (TPSA) is 57.6 Å². The van der Waals surface area contributed by atoms with Crippen LogP contribution in [0.2, 0.25) is 0 Å². The van der Waals surface area contributed by atoms with E-state index in [0.717, 1.165) is 0 Å². The van der Waals surface area contributed by atoms with E-state index in [1.807, 2.05) is 0 Å². The van der Waals surface area contributed by atoms with E-state index in [9.17, 15) is 14.0 Å². The Morgan fingerprint density at radius 2 is 1.90 bits per heavy atom. The number of nitrogens with zero attached hydrogens (tertiary/aromatic N) is 1.